The van der Waals surface area contributed by atoms with E-state index < -0.39 is 32.7 Å². The maximum absolute atomic E-state index is 13.4. The first-order valence-corrected chi connectivity index (χ1v) is 7.11. The normalized spacial score (nSPS) is 12.3. The standard InChI is InChI=1S/C11H16FN3O3S.ClH/c1-8(11(16)14-7-6-13)15-19(17,18)10-5-3-2-4-9(10)12;/h2-5,8,15H,6-7,13H2,1H3,(H,14,16);1H. The highest BCUT2D eigenvalue weighted by molar-refractivity contribution is 7.89. The third-order valence-electron chi connectivity index (χ3n) is 2.29. The van der Waals surface area contributed by atoms with Crippen LogP contribution in [0.2, 0.25) is 0 Å². The number of rotatable bonds is 6. The molecule has 114 valence electrons. The molecule has 1 amide bonds. The van der Waals surface area contributed by atoms with Crippen molar-refractivity contribution in [3.63, 3.8) is 0 Å². The minimum atomic E-state index is -4.08. The van der Waals surface area contributed by atoms with Crippen LogP contribution in [-0.4, -0.2) is 33.5 Å². The van der Waals surface area contributed by atoms with E-state index in [0.29, 0.717) is 0 Å². The van der Waals surface area contributed by atoms with Crippen molar-refractivity contribution in [2.24, 2.45) is 5.73 Å². The maximum atomic E-state index is 13.4. The van der Waals surface area contributed by atoms with Gasteiger partial charge in [-0.3, -0.25) is 4.79 Å². The van der Waals surface area contributed by atoms with Gasteiger partial charge in [0.25, 0.3) is 0 Å². The zero-order chi connectivity index (χ0) is 14.5. The maximum Gasteiger partial charge on any atom is 0.244 e. The number of carbonyl (C=O) groups excluding carboxylic acids is 1. The van der Waals surface area contributed by atoms with Gasteiger partial charge in [-0.05, 0) is 19.1 Å². The fourth-order valence-electron chi connectivity index (χ4n) is 1.36. The van der Waals surface area contributed by atoms with Crippen LogP contribution in [0.1, 0.15) is 6.92 Å². The van der Waals surface area contributed by atoms with Gasteiger partial charge in [0, 0.05) is 13.1 Å². The van der Waals surface area contributed by atoms with Gasteiger partial charge in [0.05, 0.1) is 6.04 Å². The molecule has 0 aliphatic rings. The lowest BCUT2D eigenvalue weighted by Crippen LogP contribution is -2.46. The second-order valence-electron chi connectivity index (χ2n) is 3.85. The molecule has 0 spiro atoms. The van der Waals surface area contributed by atoms with Gasteiger partial charge in [0.2, 0.25) is 15.9 Å². The van der Waals surface area contributed by atoms with Crippen LogP contribution >= 0.6 is 12.4 Å². The SMILES string of the molecule is CC(NS(=O)(=O)c1ccccc1F)C(=O)NCCN.Cl. The van der Waals surface area contributed by atoms with Crippen LogP contribution in [0.3, 0.4) is 0 Å². The van der Waals surface area contributed by atoms with Crippen LogP contribution in [0.4, 0.5) is 4.39 Å². The predicted octanol–water partition coefficient (Wildman–Crippen LogP) is -0.0108. The highest BCUT2D eigenvalue weighted by Gasteiger charge is 2.24. The number of amides is 1. The Labute approximate surface area is 123 Å². The van der Waals surface area contributed by atoms with Crippen molar-refractivity contribution in [1.29, 1.82) is 0 Å². The topological polar surface area (TPSA) is 101 Å². The summed E-state index contributed by atoms with van der Waals surface area (Å²) >= 11 is 0. The van der Waals surface area contributed by atoms with E-state index in [1.807, 2.05) is 0 Å². The Bertz CT molecular complexity index is 554. The molecule has 0 aliphatic carbocycles. The van der Waals surface area contributed by atoms with E-state index in [4.69, 9.17) is 5.73 Å². The third kappa shape index (κ3) is 5.04. The Morgan fingerprint density at radius 3 is 2.55 bits per heavy atom. The van der Waals surface area contributed by atoms with Crippen LogP contribution in [-0.2, 0) is 14.8 Å². The van der Waals surface area contributed by atoms with E-state index in [0.717, 1.165) is 12.1 Å². The Morgan fingerprint density at radius 1 is 1.40 bits per heavy atom. The van der Waals surface area contributed by atoms with Gasteiger partial charge in [-0.25, -0.2) is 12.8 Å². The Kier molecular flexibility index (Phi) is 7.66. The van der Waals surface area contributed by atoms with E-state index in [9.17, 15) is 17.6 Å². The molecule has 1 aromatic rings. The lowest BCUT2D eigenvalue weighted by atomic mass is 10.3. The van der Waals surface area contributed by atoms with Crippen molar-refractivity contribution in [3.8, 4) is 0 Å². The summed E-state index contributed by atoms with van der Waals surface area (Å²) in [6.07, 6.45) is 0. The highest BCUT2D eigenvalue weighted by Crippen LogP contribution is 2.13. The minimum Gasteiger partial charge on any atom is -0.353 e. The van der Waals surface area contributed by atoms with Crippen molar-refractivity contribution < 1.29 is 17.6 Å². The zero-order valence-corrected chi connectivity index (χ0v) is 12.4. The van der Waals surface area contributed by atoms with E-state index >= 15 is 0 Å². The Hall–Kier alpha value is -1.22. The summed E-state index contributed by atoms with van der Waals surface area (Å²) in [6, 6.07) is 3.93. The second kappa shape index (κ2) is 8.15. The molecule has 6 nitrogen and oxygen atoms in total. The molecule has 0 saturated heterocycles. The first-order valence-electron chi connectivity index (χ1n) is 5.63. The van der Waals surface area contributed by atoms with Gasteiger partial charge < -0.3 is 11.1 Å². The molecule has 0 saturated carbocycles. The predicted molar refractivity (Wildman–Crippen MR) is 75.5 cm³/mol. The monoisotopic (exact) mass is 325 g/mol. The quantitative estimate of drug-likeness (QED) is 0.684. The molecule has 9 heteroatoms. The number of nitrogens with one attached hydrogen (secondary N) is 2. The first kappa shape index (κ1) is 18.8. The molecule has 1 aromatic carbocycles. The minimum absolute atomic E-state index is 0. The van der Waals surface area contributed by atoms with Gasteiger partial charge in [-0.1, -0.05) is 12.1 Å². The number of benzene rings is 1. The number of hydrogen-bond acceptors (Lipinski definition) is 4. The molecule has 1 unspecified atom stereocenters. The lowest BCUT2D eigenvalue weighted by Gasteiger charge is -2.14. The van der Waals surface area contributed by atoms with Crippen molar-refractivity contribution in [2.75, 3.05) is 13.1 Å². The van der Waals surface area contributed by atoms with Crippen molar-refractivity contribution in [2.45, 2.75) is 17.9 Å². The largest absolute Gasteiger partial charge is 0.353 e. The third-order valence-corrected chi connectivity index (χ3v) is 3.87. The molecule has 4 N–H and O–H groups in total. The average Bonchev–Trinajstić information content (AvgIpc) is 2.35. The van der Waals surface area contributed by atoms with Gasteiger partial charge in [-0.2, -0.15) is 4.72 Å². The fraction of sp³-hybridized carbons (Fsp3) is 0.364. The van der Waals surface area contributed by atoms with Crippen LogP contribution in [0.25, 0.3) is 0 Å². The zero-order valence-electron chi connectivity index (χ0n) is 10.8. The molecule has 0 fully saturated rings. The summed E-state index contributed by atoms with van der Waals surface area (Å²) in [4.78, 5) is 11.0. The summed E-state index contributed by atoms with van der Waals surface area (Å²) < 4.78 is 39.3. The number of hydrogen-bond donors (Lipinski definition) is 3. The van der Waals surface area contributed by atoms with Gasteiger partial charge in [-0.15, -0.1) is 12.4 Å². The first-order chi connectivity index (χ1) is 8.88. The van der Waals surface area contributed by atoms with Crippen LogP contribution < -0.4 is 15.8 Å². The van der Waals surface area contributed by atoms with Gasteiger partial charge >= 0.3 is 0 Å². The summed E-state index contributed by atoms with van der Waals surface area (Å²) in [7, 11) is -4.08. The molecule has 1 atom stereocenters. The molecule has 0 aliphatic heterocycles. The second-order valence-corrected chi connectivity index (χ2v) is 5.54. The van der Waals surface area contributed by atoms with Crippen LogP contribution in [0.15, 0.2) is 29.2 Å². The molecule has 0 radical (unpaired) electrons. The molecular weight excluding hydrogens is 309 g/mol. The Morgan fingerprint density at radius 2 is 2.00 bits per heavy atom. The van der Waals surface area contributed by atoms with Crippen molar-refractivity contribution in [3.05, 3.63) is 30.1 Å². The fourth-order valence-corrected chi connectivity index (χ4v) is 2.64. The molecule has 0 bridgehead atoms. The summed E-state index contributed by atoms with van der Waals surface area (Å²) in [5, 5.41) is 2.44. The lowest BCUT2D eigenvalue weighted by molar-refractivity contribution is -0.122. The number of halogens is 2. The van der Waals surface area contributed by atoms with Crippen molar-refractivity contribution in [1.82, 2.24) is 10.0 Å². The molecule has 0 heterocycles. The highest BCUT2D eigenvalue weighted by atomic mass is 35.5. The van der Waals surface area contributed by atoms with Crippen molar-refractivity contribution >= 4 is 28.3 Å². The van der Waals surface area contributed by atoms with Gasteiger partial charge in [0.15, 0.2) is 0 Å². The van der Waals surface area contributed by atoms with Crippen LogP contribution in [0, 0.1) is 5.82 Å². The van der Waals surface area contributed by atoms with Crippen LogP contribution in [0.5, 0.6) is 0 Å². The number of carbonyl (C=O) groups is 1. The van der Waals surface area contributed by atoms with E-state index in [2.05, 4.69) is 10.0 Å². The summed E-state index contributed by atoms with van der Waals surface area (Å²) in [5.41, 5.74) is 5.21. The Balaban J connectivity index is 0.00000361. The van der Waals surface area contributed by atoms with Gasteiger partial charge in [0.1, 0.15) is 10.7 Å². The summed E-state index contributed by atoms with van der Waals surface area (Å²) in [6.45, 7) is 1.85. The molecule has 1 rings (SSSR count). The van der Waals surface area contributed by atoms with E-state index in [1.165, 1.54) is 19.1 Å². The number of sulfonamides is 1. The molecule has 20 heavy (non-hydrogen) atoms. The van der Waals surface area contributed by atoms with E-state index in [-0.39, 0.29) is 25.5 Å². The molecular formula is C11H17ClFN3O3S. The number of nitrogens with two attached hydrogens (primary N) is 1. The molecule has 0 aromatic heterocycles. The smallest absolute Gasteiger partial charge is 0.244 e. The van der Waals surface area contributed by atoms with E-state index in [1.54, 1.807) is 0 Å². The summed E-state index contributed by atoms with van der Waals surface area (Å²) in [5.74, 6) is -1.39. The average molecular weight is 326 g/mol.